The van der Waals surface area contributed by atoms with Crippen molar-refractivity contribution in [2.75, 3.05) is 0 Å². The molecule has 3 nitrogen and oxygen atoms in total. The summed E-state index contributed by atoms with van der Waals surface area (Å²) in [6.45, 7) is 1.95. The second kappa shape index (κ2) is 4.74. The smallest absolute Gasteiger partial charge is 0.353 e. The zero-order valence-electron chi connectivity index (χ0n) is 11.7. The summed E-state index contributed by atoms with van der Waals surface area (Å²) in [4.78, 5) is 11.7. The number of nitrogens with zero attached hydrogens (tertiary/aromatic N) is 1. The van der Waals surface area contributed by atoms with E-state index in [0.717, 1.165) is 16.5 Å². The summed E-state index contributed by atoms with van der Waals surface area (Å²) >= 11 is 0. The summed E-state index contributed by atoms with van der Waals surface area (Å²) in [5, 5.41) is 10.4. The molecule has 0 unspecified atom stereocenters. The number of fused-ring (bicyclic) bond motifs is 1. The highest BCUT2D eigenvalue weighted by atomic mass is 19.1. The molecule has 2 aromatic carbocycles. The zero-order valence-corrected chi connectivity index (χ0v) is 11.7. The lowest BCUT2D eigenvalue weighted by Crippen LogP contribution is -2.06. The molecule has 0 aliphatic carbocycles. The summed E-state index contributed by atoms with van der Waals surface area (Å²) in [7, 11) is 1.74. The van der Waals surface area contributed by atoms with Crippen LogP contribution in [0.2, 0.25) is 0 Å². The van der Waals surface area contributed by atoms with Crippen LogP contribution in [0.15, 0.2) is 42.5 Å². The van der Waals surface area contributed by atoms with Gasteiger partial charge in [0, 0.05) is 18.0 Å². The van der Waals surface area contributed by atoms with Crippen LogP contribution in [0, 0.1) is 12.7 Å². The summed E-state index contributed by atoms with van der Waals surface area (Å²) in [6, 6.07) is 11.6. The van der Waals surface area contributed by atoms with Crippen LogP contribution in [0.25, 0.3) is 22.0 Å². The molecule has 0 saturated carbocycles. The van der Waals surface area contributed by atoms with Crippen LogP contribution in [0.1, 0.15) is 16.1 Å². The number of carboxylic acid groups (broad SMARTS) is 1. The van der Waals surface area contributed by atoms with E-state index in [1.54, 1.807) is 23.7 Å². The van der Waals surface area contributed by atoms with Crippen molar-refractivity contribution < 1.29 is 14.3 Å². The Kier molecular flexibility index (Phi) is 3.01. The van der Waals surface area contributed by atoms with Gasteiger partial charge in [0.2, 0.25) is 0 Å². The maximum Gasteiger partial charge on any atom is 0.353 e. The summed E-state index contributed by atoms with van der Waals surface area (Å²) in [5.41, 5.74) is 3.43. The fraction of sp³-hybridized carbons (Fsp3) is 0.118. The van der Waals surface area contributed by atoms with E-state index in [9.17, 15) is 14.3 Å². The van der Waals surface area contributed by atoms with Crippen molar-refractivity contribution in [3.05, 3.63) is 59.5 Å². The first-order chi connectivity index (χ1) is 10.0. The molecule has 0 radical (unpaired) electrons. The zero-order chi connectivity index (χ0) is 15.1. The molecule has 1 heterocycles. The molecule has 3 rings (SSSR count). The van der Waals surface area contributed by atoms with Crippen LogP contribution >= 0.6 is 0 Å². The summed E-state index contributed by atoms with van der Waals surface area (Å²) in [5.74, 6) is -1.33. The largest absolute Gasteiger partial charge is 0.477 e. The molecule has 21 heavy (non-hydrogen) atoms. The van der Waals surface area contributed by atoms with Crippen LogP contribution in [0.3, 0.4) is 0 Å². The highest BCUT2D eigenvalue weighted by molar-refractivity contribution is 6.08. The number of aromatic carboxylic acids is 1. The number of aryl methyl sites for hydroxylation is 2. The number of benzene rings is 2. The number of aromatic nitrogens is 1. The Hall–Kier alpha value is -2.62. The van der Waals surface area contributed by atoms with Crippen LogP contribution < -0.4 is 0 Å². The minimum absolute atomic E-state index is 0.214. The van der Waals surface area contributed by atoms with Gasteiger partial charge in [-0.15, -0.1) is 0 Å². The van der Waals surface area contributed by atoms with Crippen molar-refractivity contribution in [1.82, 2.24) is 4.57 Å². The Labute approximate surface area is 121 Å². The second-order valence-corrected chi connectivity index (χ2v) is 5.07. The molecule has 1 N–H and O–H groups in total. The molecule has 0 spiro atoms. The number of hydrogen-bond donors (Lipinski definition) is 1. The molecule has 0 fully saturated rings. The third-order valence-electron chi connectivity index (χ3n) is 3.75. The SMILES string of the molecule is Cc1cccc2c(-c3ccc(F)cc3)c(C(=O)O)n(C)c12. The van der Waals surface area contributed by atoms with Gasteiger partial charge in [-0.2, -0.15) is 0 Å². The minimum Gasteiger partial charge on any atom is -0.477 e. The molecule has 0 aliphatic rings. The molecule has 0 atom stereocenters. The van der Waals surface area contributed by atoms with E-state index in [4.69, 9.17) is 0 Å². The van der Waals surface area contributed by atoms with Crippen LogP contribution in [-0.2, 0) is 7.05 Å². The Morgan fingerprint density at radius 1 is 1.14 bits per heavy atom. The Morgan fingerprint density at radius 2 is 1.81 bits per heavy atom. The van der Waals surface area contributed by atoms with Crippen molar-refractivity contribution in [1.29, 1.82) is 0 Å². The Bertz CT molecular complexity index is 847. The number of para-hydroxylation sites is 1. The van der Waals surface area contributed by atoms with E-state index in [-0.39, 0.29) is 11.5 Å². The van der Waals surface area contributed by atoms with Gasteiger partial charge in [0.1, 0.15) is 11.5 Å². The molecule has 106 valence electrons. The molecule has 0 saturated heterocycles. The monoisotopic (exact) mass is 283 g/mol. The van der Waals surface area contributed by atoms with Crippen molar-refractivity contribution in [3.63, 3.8) is 0 Å². The third-order valence-corrected chi connectivity index (χ3v) is 3.75. The fourth-order valence-electron chi connectivity index (χ4n) is 2.87. The fourth-order valence-corrected chi connectivity index (χ4v) is 2.87. The van der Waals surface area contributed by atoms with Gasteiger partial charge in [0.05, 0.1) is 5.52 Å². The average molecular weight is 283 g/mol. The van der Waals surface area contributed by atoms with Gasteiger partial charge >= 0.3 is 5.97 Å². The maximum absolute atomic E-state index is 13.1. The average Bonchev–Trinajstić information content (AvgIpc) is 2.74. The van der Waals surface area contributed by atoms with Crippen molar-refractivity contribution in [3.8, 4) is 11.1 Å². The highest BCUT2D eigenvalue weighted by Crippen LogP contribution is 2.35. The van der Waals surface area contributed by atoms with Gasteiger partial charge in [-0.3, -0.25) is 0 Å². The summed E-state index contributed by atoms with van der Waals surface area (Å²) < 4.78 is 14.8. The predicted octanol–water partition coefficient (Wildman–Crippen LogP) is 3.99. The van der Waals surface area contributed by atoms with Crippen molar-refractivity contribution in [2.45, 2.75) is 6.92 Å². The van der Waals surface area contributed by atoms with Crippen molar-refractivity contribution in [2.24, 2.45) is 7.05 Å². The topological polar surface area (TPSA) is 42.2 Å². The second-order valence-electron chi connectivity index (χ2n) is 5.07. The Balaban J connectivity index is 2.45. The lowest BCUT2D eigenvalue weighted by atomic mass is 10.0. The van der Waals surface area contributed by atoms with Crippen molar-refractivity contribution >= 4 is 16.9 Å². The van der Waals surface area contributed by atoms with E-state index < -0.39 is 5.97 Å². The van der Waals surface area contributed by atoms with E-state index in [1.165, 1.54) is 12.1 Å². The minimum atomic E-state index is -0.993. The first kappa shape index (κ1) is 13.4. The van der Waals surface area contributed by atoms with E-state index in [1.807, 2.05) is 25.1 Å². The molecule has 0 bridgehead atoms. The number of hydrogen-bond acceptors (Lipinski definition) is 1. The standard InChI is InChI=1S/C17H14FNO2/c1-10-4-3-5-13-14(11-6-8-12(18)9-7-11)16(17(20)21)19(2)15(10)13/h3-9H,1-2H3,(H,20,21). The third kappa shape index (κ3) is 2.00. The first-order valence-corrected chi connectivity index (χ1v) is 6.58. The molecule has 0 amide bonds. The molecular formula is C17H14FNO2. The van der Waals surface area contributed by atoms with Gasteiger partial charge in [0.25, 0.3) is 0 Å². The van der Waals surface area contributed by atoms with Gasteiger partial charge in [-0.05, 0) is 30.2 Å². The molecule has 3 aromatic rings. The quantitative estimate of drug-likeness (QED) is 0.772. The van der Waals surface area contributed by atoms with Gasteiger partial charge in [-0.1, -0.05) is 30.3 Å². The predicted molar refractivity (Wildman–Crippen MR) is 80.0 cm³/mol. The number of carboxylic acids is 1. The normalized spacial score (nSPS) is 11.0. The molecular weight excluding hydrogens is 269 g/mol. The van der Waals surface area contributed by atoms with E-state index in [2.05, 4.69) is 0 Å². The summed E-state index contributed by atoms with van der Waals surface area (Å²) in [6.07, 6.45) is 0. The number of carbonyl (C=O) groups is 1. The van der Waals surface area contributed by atoms with Crippen LogP contribution in [-0.4, -0.2) is 15.6 Å². The first-order valence-electron chi connectivity index (χ1n) is 6.58. The van der Waals surface area contributed by atoms with Gasteiger partial charge in [-0.25, -0.2) is 9.18 Å². The Morgan fingerprint density at radius 3 is 2.43 bits per heavy atom. The highest BCUT2D eigenvalue weighted by Gasteiger charge is 2.22. The lowest BCUT2D eigenvalue weighted by Gasteiger charge is -2.03. The van der Waals surface area contributed by atoms with Gasteiger partial charge < -0.3 is 9.67 Å². The molecule has 4 heteroatoms. The van der Waals surface area contributed by atoms with E-state index >= 15 is 0 Å². The number of halogens is 1. The lowest BCUT2D eigenvalue weighted by molar-refractivity contribution is 0.0688. The maximum atomic E-state index is 13.1. The van der Waals surface area contributed by atoms with E-state index in [0.29, 0.717) is 11.1 Å². The molecule has 1 aromatic heterocycles. The van der Waals surface area contributed by atoms with Crippen LogP contribution in [0.4, 0.5) is 4.39 Å². The number of rotatable bonds is 2. The van der Waals surface area contributed by atoms with Gasteiger partial charge in [0.15, 0.2) is 0 Å². The van der Waals surface area contributed by atoms with Crippen LogP contribution in [0.5, 0.6) is 0 Å². The molecule has 0 aliphatic heterocycles.